The first-order valence-corrected chi connectivity index (χ1v) is 9.49. The Balaban J connectivity index is 1.30. The molecule has 2 aromatic heterocycles. The fourth-order valence-electron chi connectivity index (χ4n) is 3.02. The van der Waals surface area contributed by atoms with Crippen molar-refractivity contribution in [3.63, 3.8) is 0 Å². The summed E-state index contributed by atoms with van der Waals surface area (Å²) in [6.45, 7) is 1.79. The lowest BCUT2D eigenvalue weighted by Crippen LogP contribution is -2.42. The highest BCUT2D eigenvalue weighted by molar-refractivity contribution is 5.97. The number of carbonyl (C=O) groups is 2. The number of benzene rings is 1. The quantitative estimate of drug-likeness (QED) is 0.688. The summed E-state index contributed by atoms with van der Waals surface area (Å²) in [4.78, 5) is 26.3. The number of nitrogens with zero attached hydrogens (tertiary/aromatic N) is 5. The van der Waals surface area contributed by atoms with Crippen LogP contribution >= 0.6 is 0 Å². The van der Waals surface area contributed by atoms with Gasteiger partial charge in [0.15, 0.2) is 0 Å². The van der Waals surface area contributed by atoms with Crippen molar-refractivity contribution in [2.45, 2.75) is 12.8 Å². The summed E-state index contributed by atoms with van der Waals surface area (Å²) in [5.41, 5.74) is 2.12. The highest BCUT2D eigenvalue weighted by Crippen LogP contribution is 2.21. The minimum absolute atomic E-state index is 0.146. The topological polar surface area (TPSA) is 94.3 Å². The van der Waals surface area contributed by atoms with Crippen molar-refractivity contribution in [2.24, 2.45) is 7.05 Å². The molecule has 2 amide bonds. The fraction of sp³-hybridized carbons (Fsp3) is 0.300. The van der Waals surface area contributed by atoms with Crippen LogP contribution in [0, 0.1) is 0 Å². The molecule has 1 saturated heterocycles. The van der Waals surface area contributed by atoms with Crippen molar-refractivity contribution in [1.82, 2.24) is 29.8 Å². The Morgan fingerprint density at radius 1 is 1.17 bits per heavy atom. The second-order valence-electron chi connectivity index (χ2n) is 6.79. The molecule has 150 valence electrons. The van der Waals surface area contributed by atoms with Crippen LogP contribution in [0.25, 0.3) is 5.69 Å². The van der Waals surface area contributed by atoms with Crippen LogP contribution in [0.3, 0.4) is 0 Å². The largest absolute Gasteiger partial charge is 0.413 e. The van der Waals surface area contributed by atoms with Gasteiger partial charge in [0.05, 0.1) is 17.6 Å². The van der Waals surface area contributed by atoms with Crippen LogP contribution in [0.2, 0.25) is 0 Å². The summed E-state index contributed by atoms with van der Waals surface area (Å²) in [5, 5.41) is 11.2. The molecule has 1 aliphatic heterocycles. The molecular weight excluding hydrogens is 372 g/mol. The van der Waals surface area contributed by atoms with Crippen molar-refractivity contribution in [2.75, 3.05) is 19.6 Å². The van der Waals surface area contributed by atoms with Gasteiger partial charge < -0.3 is 15.0 Å². The lowest BCUT2D eigenvalue weighted by molar-refractivity contribution is 0.0648. The zero-order chi connectivity index (χ0) is 20.2. The zero-order valence-corrected chi connectivity index (χ0v) is 16.1. The molecule has 0 atom stereocenters. The maximum atomic E-state index is 12.4. The maximum absolute atomic E-state index is 12.4. The van der Waals surface area contributed by atoms with Gasteiger partial charge in [-0.2, -0.15) is 10.2 Å². The SMILES string of the molecule is Cn1ncc(C(=O)N2CCC2)c1OC(=O)NCCc1ccn(-c2ccccc2)n1. The van der Waals surface area contributed by atoms with Gasteiger partial charge in [-0.1, -0.05) is 18.2 Å². The van der Waals surface area contributed by atoms with Crippen molar-refractivity contribution in [3.05, 3.63) is 60.0 Å². The number of hydrogen-bond acceptors (Lipinski definition) is 5. The van der Waals surface area contributed by atoms with Gasteiger partial charge in [-0.05, 0) is 24.6 Å². The number of likely N-dealkylation sites (tertiary alicyclic amines) is 1. The average molecular weight is 394 g/mol. The third-order valence-corrected chi connectivity index (χ3v) is 4.76. The van der Waals surface area contributed by atoms with Crippen LogP contribution in [0.15, 0.2) is 48.8 Å². The van der Waals surface area contributed by atoms with Gasteiger partial charge in [-0.15, -0.1) is 0 Å². The van der Waals surface area contributed by atoms with E-state index in [9.17, 15) is 9.59 Å². The third kappa shape index (κ3) is 4.13. The molecule has 3 aromatic rings. The van der Waals surface area contributed by atoms with E-state index in [1.54, 1.807) is 16.6 Å². The minimum atomic E-state index is -0.631. The predicted molar refractivity (Wildman–Crippen MR) is 105 cm³/mol. The van der Waals surface area contributed by atoms with E-state index in [-0.39, 0.29) is 11.8 Å². The normalized spacial score (nSPS) is 13.1. The average Bonchev–Trinajstić information content (AvgIpc) is 3.29. The molecule has 0 spiro atoms. The van der Waals surface area contributed by atoms with E-state index >= 15 is 0 Å². The minimum Gasteiger partial charge on any atom is -0.391 e. The van der Waals surface area contributed by atoms with E-state index in [0.29, 0.717) is 18.5 Å². The van der Waals surface area contributed by atoms with Gasteiger partial charge >= 0.3 is 6.09 Å². The number of para-hydroxylation sites is 1. The summed E-state index contributed by atoms with van der Waals surface area (Å²) < 4.78 is 8.52. The fourth-order valence-corrected chi connectivity index (χ4v) is 3.02. The molecule has 1 fully saturated rings. The van der Waals surface area contributed by atoms with E-state index in [4.69, 9.17) is 4.74 Å². The Hall–Kier alpha value is -3.62. The van der Waals surface area contributed by atoms with Crippen LogP contribution in [-0.2, 0) is 13.5 Å². The Morgan fingerprint density at radius 3 is 2.69 bits per heavy atom. The van der Waals surface area contributed by atoms with Gasteiger partial charge in [-0.25, -0.2) is 14.2 Å². The molecule has 0 saturated carbocycles. The predicted octanol–water partition coefficient (Wildman–Crippen LogP) is 1.78. The van der Waals surface area contributed by atoms with Crippen molar-refractivity contribution >= 4 is 12.0 Å². The third-order valence-electron chi connectivity index (χ3n) is 4.76. The first-order chi connectivity index (χ1) is 14.1. The number of ether oxygens (including phenoxy) is 1. The van der Waals surface area contributed by atoms with Crippen LogP contribution < -0.4 is 10.1 Å². The molecule has 9 nitrogen and oxygen atoms in total. The molecule has 3 heterocycles. The van der Waals surface area contributed by atoms with Crippen molar-refractivity contribution in [3.8, 4) is 11.6 Å². The molecule has 0 aliphatic carbocycles. The zero-order valence-electron chi connectivity index (χ0n) is 16.1. The summed E-state index contributed by atoms with van der Waals surface area (Å²) in [5.74, 6) is -0.0219. The molecule has 9 heteroatoms. The van der Waals surface area contributed by atoms with Gasteiger partial charge in [0.2, 0.25) is 5.88 Å². The first-order valence-electron chi connectivity index (χ1n) is 9.49. The molecule has 0 radical (unpaired) electrons. The van der Waals surface area contributed by atoms with Gasteiger partial charge in [0.25, 0.3) is 5.91 Å². The monoisotopic (exact) mass is 394 g/mol. The summed E-state index contributed by atoms with van der Waals surface area (Å²) in [6, 6.07) is 11.7. The lowest BCUT2D eigenvalue weighted by atomic mass is 10.2. The number of rotatable bonds is 6. The molecular formula is C20H22N6O3. The lowest BCUT2D eigenvalue weighted by Gasteiger charge is -2.30. The molecule has 4 rings (SSSR count). The highest BCUT2D eigenvalue weighted by Gasteiger charge is 2.27. The second-order valence-corrected chi connectivity index (χ2v) is 6.79. The Bertz CT molecular complexity index is 1010. The van der Waals surface area contributed by atoms with E-state index < -0.39 is 6.09 Å². The van der Waals surface area contributed by atoms with E-state index in [1.807, 2.05) is 42.6 Å². The van der Waals surface area contributed by atoms with Crippen molar-refractivity contribution < 1.29 is 14.3 Å². The van der Waals surface area contributed by atoms with E-state index in [2.05, 4.69) is 15.5 Å². The van der Waals surface area contributed by atoms with Gasteiger partial charge in [0.1, 0.15) is 5.56 Å². The van der Waals surface area contributed by atoms with Gasteiger partial charge in [0, 0.05) is 39.3 Å². The Morgan fingerprint density at radius 2 is 1.97 bits per heavy atom. The summed E-state index contributed by atoms with van der Waals surface area (Å²) in [7, 11) is 1.63. The van der Waals surface area contributed by atoms with Crippen LogP contribution in [-0.4, -0.2) is 56.1 Å². The molecule has 1 N–H and O–H groups in total. The number of carbonyl (C=O) groups excluding carboxylic acids is 2. The first kappa shape index (κ1) is 18.7. The molecule has 1 aliphatic rings. The number of hydrogen-bond donors (Lipinski definition) is 1. The number of aromatic nitrogens is 4. The van der Waals surface area contributed by atoms with Crippen LogP contribution in [0.4, 0.5) is 4.79 Å². The van der Waals surface area contributed by atoms with Gasteiger partial charge in [-0.3, -0.25) is 4.79 Å². The molecule has 0 bridgehead atoms. The Kier molecular flexibility index (Phi) is 5.28. The summed E-state index contributed by atoms with van der Waals surface area (Å²) in [6.07, 6.45) is 4.22. The maximum Gasteiger partial charge on any atom is 0.413 e. The summed E-state index contributed by atoms with van der Waals surface area (Å²) >= 11 is 0. The number of amides is 2. The smallest absolute Gasteiger partial charge is 0.391 e. The second kappa shape index (κ2) is 8.17. The Labute approximate surface area is 167 Å². The van der Waals surface area contributed by atoms with Crippen LogP contribution in [0.1, 0.15) is 22.5 Å². The van der Waals surface area contributed by atoms with E-state index in [0.717, 1.165) is 30.9 Å². The number of aryl methyl sites for hydroxylation is 1. The highest BCUT2D eigenvalue weighted by atomic mass is 16.6. The molecule has 1 aromatic carbocycles. The van der Waals surface area contributed by atoms with E-state index in [1.165, 1.54) is 10.9 Å². The molecule has 29 heavy (non-hydrogen) atoms. The van der Waals surface area contributed by atoms with Crippen LogP contribution in [0.5, 0.6) is 5.88 Å². The standard InChI is InChI=1S/C20H22N6O3/c1-24-19(17(14-22-24)18(27)25-11-5-12-25)29-20(28)21-10-8-15-9-13-26(23-15)16-6-3-2-4-7-16/h2-4,6-7,9,13-14H,5,8,10-12H2,1H3,(H,21,28). The van der Waals surface area contributed by atoms with Crippen molar-refractivity contribution in [1.29, 1.82) is 0 Å². The number of nitrogens with one attached hydrogen (secondary N) is 1. The molecule has 0 unspecified atom stereocenters.